The first-order valence-electron chi connectivity index (χ1n) is 33.7. The molecule has 7 heterocycles. The monoisotopic (exact) mass is 1360 g/mol. The molecule has 31 heteroatoms. The van der Waals surface area contributed by atoms with Crippen molar-refractivity contribution in [1.82, 2.24) is 0 Å². The van der Waals surface area contributed by atoms with Gasteiger partial charge in [0.1, 0.15) is 128 Å². The molecule has 0 spiro atoms. The third-order valence-electron chi connectivity index (χ3n) is 23.6. The highest BCUT2D eigenvalue weighted by Crippen LogP contribution is 2.70. The number of ether oxygens (including phenoxy) is 13. The van der Waals surface area contributed by atoms with Gasteiger partial charge in [0.05, 0.1) is 56.9 Å². The lowest BCUT2D eigenvalue weighted by molar-refractivity contribution is -0.375. The Balaban J connectivity index is 0.639. The molecule has 0 radical (unpaired) electrons. The lowest BCUT2D eigenvalue weighted by Gasteiger charge is -2.58. The van der Waals surface area contributed by atoms with Gasteiger partial charge in [-0.2, -0.15) is 0 Å². The molecule has 11 aliphatic rings. The van der Waals surface area contributed by atoms with Gasteiger partial charge in [-0.1, -0.05) is 39.3 Å². The summed E-state index contributed by atoms with van der Waals surface area (Å²) in [5, 5.41) is 194. The minimum absolute atomic E-state index is 0.0753. The lowest BCUT2D eigenvalue weighted by Crippen LogP contribution is -2.65. The summed E-state index contributed by atoms with van der Waals surface area (Å²) in [6, 6.07) is 0. The Labute approximate surface area is 544 Å². The predicted octanol–water partition coefficient (Wildman–Crippen LogP) is -5.30. The largest absolute Gasteiger partial charge is 0.394 e. The second-order valence-electron chi connectivity index (χ2n) is 29.5. The summed E-state index contributed by atoms with van der Waals surface area (Å²) in [5.74, 6) is -0.341. The van der Waals surface area contributed by atoms with Crippen LogP contribution in [-0.2, 0) is 61.6 Å². The molecular weight excluding hydrogens is 1250 g/mol. The first-order valence-corrected chi connectivity index (χ1v) is 33.7. The second-order valence-corrected chi connectivity index (χ2v) is 29.5. The lowest BCUT2D eigenvalue weighted by atomic mass is 9.47. The van der Waals surface area contributed by atoms with Crippen LogP contribution in [0, 0.1) is 46.3 Å². The van der Waals surface area contributed by atoms with E-state index in [0.29, 0.717) is 43.4 Å². The van der Waals surface area contributed by atoms with Crippen molar-refractivity contribution in [2.24, 2.45) is 46.3 Å². The third-order valence-corrected chi connectivity index (χ3v) is 23.6. The summed E-state index contributed by atoms with van der Waals surface area (Å²) in [6.45, 7) is 11.4. The molecule has 7 saturated heterocycles. The van der Waals surface area contributed by atoms with Crippen molar-refractivity contribution in [3.63, 3.8) is 0 Å². The van der Waals surface area contributed by atoms with E-state index in [-0.39, 0.29) is 41.3 Å². The van der Waals surface area contributed by atoms with Crippen LogP contribution in [0.3, 0.4) is 0 Å². The molecule has 0 aromatic heterocycles. The summed E-state index contributed by atoms with van der Waals surface area (Å²) < 4.78 is 76.6. The van der Waals surface area contributed by atoms with Crippen LogP contribution in [0.15, 0.2) is 11.6 Å². The first kappa shape index (κ1) is 73.7. The van der Waals surface area contributed by atoms with Crippen molar-refractivity contribution < 1.29 is 153 Å². The molecule has 3 saturated carbocycles. The topological polar surface area (TPSA) is 484 Å². The Morgan fingerprint density at radius 3 is 1.56 bits per heavy atom. The van der Waals surface area contributed by atoms with Crippen molar-refractivity contribution in [2.75, 3.05) is 26.4 Å². The molecular formula is C63H104O31. The van der Waals surface area contributed by atoms with Crippen LogP contribution in [0.4, 0.5) is 0 Å². The maximum Gasteiger partial charge on any atom is 0.187 e. The normalized spacial score (nSPS) is 55.7. The Morgan fingerprint density at radius 2 is 0.979 bits per heavy atom. The molecule has 0 amide bonds. The molecule has 41 unspecified atom stereocenters. The Hall–Kier alpha value is -1.50. The van der Waals surface area contributed by atoms with Crippen molar-refractivity contribution >= 4 is 0 Å². The van der Waals surface area contributed by atoms with Gasteiger partial charge >= 0.3 is 0 Å². The highest BCUT2D eigenvalue weighted by atomic mass is 16.8. The summed E-state index contributed by atoms with van der Waals surface area (Å²) in [4.78, 5) is 0. The van der Waals surface area contributed by atoms with E-state index in [2.05, 4.69) is 26.8 Å². The van der Waals surface area contributed by atoms with Crippen LogP contribution in [0.5, 0.6) is 0 Å². The molecule has 31 nitrogen and oxygen atoms in total. The number of fused-ring (bicyclic) bond motifs is 7. The zero-order valence-electron chi connectivity index (χ0n) is 54.1. The van der Waals surface area contributed by atoms with Gasteiger partial charge in [0.25, 0.3) is 0 Å². The van der Waals surface area contributed by atoms with Gasteiger partial charge < -0.3 is 153 Å². The second kappa shape index (κ2) is 29.1. The van der Waals surface area contributed by atoms with E-state index >= 15 is 0 Å². The Kier molecular flexibility index (Phi) is 22.8. The van der Waals surface area contributed by atoms with E-state index in [1.165, 1.54) is 26.3 Å². The molecule has 542 valence electrons. The maximum atomic E-state index is 12.1. The van der Waals surface area contributed by atoms with Crippen LogP contribution in [-0.4, -0.2) is 321 Å². The van der Waals surface area contributed by atoms with E-state index < -0.39 is 216 Å². The highest BCUT2D eigenvalue weighted by Gasteiger charge is 2.68. The quantitative estimate of drug-likeness (QED) is 0.0537. The standard InChI is InChI=1S/C63H104O31/c1-22(19-82-56-47(75)42(70)38(66)33(18-64)89-56)10-15-63(81)23(2)36-32(94-63)17-31-29-9-8-27-16-28(11-13-61(27,6)30(29)12-14-62(31,36)7)88-60-50(78)44(72)40(68)35(91-60)21-84-57-48(76)43(71)39(67)34(90-57)20-83-55-51(79)45(73)53(25(4)86-55)93-59-52(80)46(74)54(26(5)87-59)92-58-49(77)41(69)37(65)24(3)85-58/h8,22-26,28-60,64-81H,9-21H2,1-7H3. The molecule has 0 aromatic carbocycles. The van der Waals surface area contributed by atoms with Gasteiger partial charge in [0.2, 0.25) is 0 Å². The summed E-state index contributed by atoms with van der Waals surface area (Å²) in [5.41, 5.74) is 1.03. The van der Waals surface area contributed by atoms with Gasteiger partial charge in [0.15, 0.2) is 43.5 Å². The SMILES string of the molecule is CC(CCC1(O)OC2CC3C4CC=C5CC(OC6OC(COC7OC(COC8OC(C)C(OC9OC(C)C(OC%10OC(C)C(O)C(O)C%10O)C(O)C9O)C(O)C8O)C(O)C(O)C7O)C(O)C(O)C6O)CCC5(C)C4CCC3(C)C2C1C)COC1OC(CO)C(O)C(O)C1O. The van der Waals surface area contributed by atoms with Gasteiger partial charge in [-0.25, -0.2) is 0 Å². The number of hydrogen-bond acceptors (Lipinski definition) is 31. The van der Waals surface area contributed by atoms with E-state index in [1.54, 1.807) is 0 Å². The predicted molar refractivity (Wildman–Crippen MR) is 313 cm³/mol. The van der Waals surface area contributed by atoms with Gasteiger partial charge in [-0.05, 0) is 113 Å². The van der Waals surface area contributed by atoms with Crippen LogP contribution < -0.4 is 0 Å². The van der Waals surface area contributed by atoms with Crippen molar-refractivity contribution in [3.8, 4) is 0 Å². The van der Waals surface area contributed by atoms with Crippen LogP contribution in [0.1, 0.15) is 106 Å². The van der Waals surface area contributed by atoms with Crippen molar-refractivity contribution in [2.45, 2.75) is 308 Å². The zero-order chi connectivity index (χ0) is 68.1. The number of allylic oxidation sites excluding steroid dienone is 1. The molecule has 4 aliphatic carbocycles. The first-order chi connectivity index (χ1) is 44.3. The molecule has 0 bridgehead atoms. The van der Waals surface area contributed by atoms with Gasteiger partial charge in [0, 0.05) is 12.3 Å². The number of aliphatic hydroxyl groups is 18. The fraction of sp³-hybridized carbons (Fsp3) is 0.968. The molecule has 41 atom stereocenters. The Morgan fingerprint density at radius 1 is 0.511 bits per heavy atom. The molecule has 10 fully saturated rings. The fourth-order valence-electron chi connectivity index (χ4n) is 17.7. The van der Waals surface area contributed by atoms with Crippen LogP contribution in [0.25, 0.3) is 0 Å². The summed E-state index contributed by atoms with van der Waals surface area (Å²) in [7, 11) is 0. The number of rotatable bonds is 19. The van der Waals surface area contributed by atoms with Crippen molar-refractivity contribution in [3.05, 3.63) is 11.6 Å². The van der Waals surface area contributed by atoms with Gasteiger partial charge in [-0.15, -0.1) is 0 Å². The van der Waals surface area contributed by atoms with E-state index in [9.17, 15) is 91.9 Å². The fourth-order valence-corrected chi connectivity index (χ4v) is 17.7. The summed E-state index contributed by atoms with van der Waals surface area (Å²) in [6.07, 6.45) is -38.0. The molecule has 0 aromatic rings. The van der Waals surface area contributed by atoms with Gasteiger partial charge in [-0.3, -0.25) is 0 Å². The van der Waals surface area contributed by atoms with Crippen LogP contribution >= 0.6 is 0 Å². The smallest absolute Gasteiger partial charge is 0.187 e. The average molecular weight is 1360 g/mol. The van der Waals surface area contributed by atoms with E-state index in [1.807, 2.05) is 6.92 Å². The molecule has 7 aliphatic heterocycles. The Bertz CT molecular complexity index is 2530. The molecule has 18 N–H and O–H groups in total. The zero-order valence-corrected chi connectivity index (χ0v) is 54.1. The summed E-state index contributed by atoms with van der Waals surface area (Å²) >= 11 is 0. The number of hydrogen-bond donors (Lipinski definition) is 18. The minimum atomic E-state index is -1.89. The third kappa shape index (κ3) is 13.8. The minimum Gasteiger partial charge on any atom is -0.394 e. The highest BCUT2D eigenvalue weighted by molar-refractivity contribution is 5.26. The van der Waals surface area contributed by atoms with Crippen LogP contribution in [0.2, 0.25) is 0 Å². The van der Waals surface area contributed by atoms with Crippen molar-refractivity contribution in [1.29, 1.82) is 0 Å². The molecule has 11 rings (SSSR count). The average Bonchev–Trinajstić information content (AvgIpc) is 1.50. The van der Waals surface area contributed by atoms with E-state index in [4.69, 9.17) is 61.6 Å². The van der Waals surface area contributed by atoms with E-state index in [0.717, 1.165) is 32.1 Å². The number of aliphatic hydroxyl groups excluding tert-OH is 17. The molecule has 94 heavy (non-hydrogen) atoms. The maximum absolute atomic E-state index is 12.1.